The molecule has 1 amide bonds. The highest BCUT2D eigenvalue weighted by Crippen LogP contribution is 2.13. The minimum atomic E-state index is -0.383. The average molecular weight is 354 g/mol. The maximum atomic E-state index is 11.6. The van der Waals surface area contributed by atoms with Crippen molar-refractivity contribution in [3.8, 4) is 5.75 Å². The summed E-state index contributed by atoms with van der Waals surface area (Å²) < 4.78 is 10.3. The van der Waals surface area contributed by atoms with Crippen molar-refractivity contribution in [3.63, 3.8) is 0 Å². The molecule has 6 heteroatoms. The van der Waals surface area contributed by atoms with Crippen molar-refractivity contribution in [1.29, 1.82) is 0 Å². The first-order valence-corrected chi connectivity index (χ1v) is 8.24. The summed E-state index contributed by atoms with van der Waals surface area (Å²) in [5, 5.41) is 5.37. The molecule has 0 radical (unpaired) electrons. The molecule has 136 valence electrons. The molecule has 0 saturated carbocycles. The van der Waals surface area contributed by atoms with Gasteiger partial charge in [0.25, 0.3) is 0 Å². The molecule has 0 aliphatic heterocycles. The van der Waals surface area contributed by atoms with E-state index in [0.29, 0.717) is 6.61 Å². The van der Waals surface area contributed by atoms with Crippen LogP contribution in [-0.4, -0.2) is 36.8 Å². The van der Waals surface area contributed by atoms with E-state index in [4.69, 9.17) is 4.74 Å². The van der Waals surface area contributed by atoms with Crippen molar-refractivity contribution in [2.75, 3.05) is 13.7 Å². The van der Waals surface area contributed by atoms with Gasteiger partial charge in [-0.05, 0) is 35.4 Å². The predicted molar refractivity (Wildman–Crippen MR) is 98.8 cm³/mol. The lowest BCUT2D eigenvalue weighted by molar-refractivity contribution is -0.141. The topological polar surface area (TPSA) is 68.2 Å². The Morgan fingerprint density at radius 3 is 2.38 bits per heavy atom. The quantitative estimate of drug-likeness (QED) is 0.415. The van der Waals surface area contributed by atoms with E-state index < -0.39 is 0 Å². The third-order valence-electron chi connectivity index (χ3n) is 3.59. The Hall–Kier alpha value is -3.15. The van der Waals surface area contributed by atoms with Crippen LogP contribution >= 0.6 is 0 Å². The molecule has 2 rings (SSSR count). The first kappa shape index (κ1) is 19.2. The Kier molecular flexibility index (Phi) is 7.36. The van der Waals surface area contributed by atoms with Gasteiger partial charge in [0.05, 0.1) is 26.3 Å². The second-order valence-electron chi connectivity index (χ2n) is 5.56. The van der Waals surface area contributed by atoms with Crippen LogP contribution in [-0.2, 0) is 20.9 Å². The van der Waals surface area contributed by atoms with E-state index in [1.54, 1.807) is 6.21 Å². The number of hydrogen-bond donors (Lipinski definition) is 0. The maximum Gasteiger partial charge on any atom is 0.307 e. The molecule has 2 aromatic rings. The fourth-order valence-corrected chi connectivity index (χ4v) is 2.12. The summed E-state index contributed by atoms with van der Waals surface area (Å²) >= 11 is 0. The Morgan fingerprint density at radius 2 is 1.77 bits per heavy atom. The molecule has 0 aromatic heterocycles. The van der Waals surface area contributed by atoms with E-state index in [9.17, 15) is 9.59 Å². The van der Waals surface area contributed by atoms with E-state index in [0.717, 1.165) is 16.9 Å². The van der Waals surface area contributed by atoms with Crippen LogP contribution in [0.2, 0.25) is 0 Å². The number of benzene rings is 2. The predicted octanol–water partition coefficient (Wildman–Crippen LogP) is 3.01. The number of esters is 1. The summed E-state index contributed by atoms with van der Waals surface area (Å²) in [6, 6.07) is 17.3. The fraction of sp³-hybridized carbons (Fsp3) is 0.250. The molecule has 0 unspecified atom stereocenters. The normalized spacial score (nSPS) is 10.5. The van der Waals surface area contributed by atoms with Crippen LogP contribution in [0.1, 0.15) is 24.5 Å². The molecule has 0 N–H and O–H groups in total. The Morgan fingerprint density at radius 1 is 1.08 bits per heavy atom. The summed E-state index contributed by atoms with van der Waals surface area (Å²) in [6.07, 6.45) is 1.67. The van der Waals surface area contributed by atoms with Crippen LogP contribution in [0.25, 0.3) is 0 Å². The molecule has 0 spiro atoms. The minimum Gasteiger partial charge on any atom is -0.489 e. The van der Waals surface area contributed by atoms with Gasteiger partial charge in [-0.25, -0.2) is 5.01 Å². The number of carbonyl (C=O) groups excluding carboxylic acids is 2. The third kappa shape index (κ3) is 6.39. The number of ether oxygens (including phenoxy) is 2. The molecule has 0 heterocycles. The van der Waals surface area contributed by atoms with Gasteiger partial charge in [-0.1, -0.05) is 30.3 Å². The van der Waals surface area contributed by atoms with Crippen LogP contribution < -0.4 is 4.74 Å². The van der Waals surface area contributed by atoms with Gasteiger partial charge < -0.3 is 9.47 Å². The number of hydrazone groups is 1. The van der Waals surface area contributed by atoms with Crippen molar-refractivity contribution in [2.24, 2.45) is 5.10 Å². The SMILES string of the molecule is COC(=O)CCN(/N=C/c1ccc(OCc2ccccc2)cc1)C(C)=O. The van der Waals surface area contributed by atoms with E-state index in [2.05, 4.69) is 9.84 Å². The van der Waals surface area contributed by atoms with Crippen LogP contribution in [0.3, 0.4) is 0 Å². The summed E-state index contributed by atoms with van der Waals surface area (Å²) in [7, 11) is 1.31. The molecule has 0 bridgehead atoms. The van der Waals surface area contributed by atoms with E-state index in [-0.39, 0.29) is 24.8 Å². The van der Waals surface area contributed by atoms with E-state index in [1.165, 1.54) is 19.0 Å². The first-order valence-electron chi connectivity index (χ1n) is 8.24. The van der Waals surface area contributed by atoms with E-state index in [1.807, 2.05) is 54.6 Å². The molecule has 0 aliphatic carbocycles. The molecule has 0 atom stereocenters. The molecule has 0 saturated heterocycles. The van der Waals surface area contributed by atoms with Gasteiger partial charge in [-0.2, -0.15) is 5.10 Å². The number of nitrogens with zero attached hydrogens (tertiary/aromatic N) is 2. The van der Waals surface area contributed by atoms with Gasteiger partial charge in [0.15, 0.2) is 0 Å². The Balaban J connectivity index is 1.90. The molecular weight excluding hydrogens is 332 g/mol. The van der Waals surface area contributed by atoms with Gasteiger partial charge in [-0.3, -0.25) is 9.59 Å². The Bertz CT molecular complexity index is 742. The monoisotopic (exact) mass is 354 g/mol. The number of methoxy groups -OCH3 is 1. The zero-order valence-electron chi connectivity index (χ0n) is 14.9. The number of hydrogen-bond acceptors (Lipinski definition) is 5. The number of amides is 1. The van der Waals surface area contributed by atoms with Gasteiger partial charge in [-0.15, -0.1) is 0 Å². The maximum absolute atomic E-state index is 11.6. The largest absolute Gasteiger partial charge is 0.489 e. The molecule has 0 aliphatic rings. The molecular formula is C20H22N2O4. The smallest absolute Gasteiger partial charge is 0.307 e. The minimum absolute atomic E-state index is 0.0969. The molecule has 2 aromatic carbocycles. The average Bonchev–Trinajstić information content (AvgIpc) is 2.67. The summed E-state index contributed by atoms with van der Waals surface area (Å²) in [5.74, 6) is 0.124. The van der Waals surface area contributed by atoms with Crippen molar-refractivity contribution in [1.82, 2.24) is 5.01 Å². The van der Waals surface area contributed by atoms with Crippen LogP contribution in [0.5, 0.6) is 5.75 Å². The standard InChI is InChI=1S/C20H22N2O4/c1-16(23)22(13-12-20(24)25-2)21-14-17-8-10-19(11-9-17)26-15-18-6-4-3-5-7-18/h3-11,14H,12-13,15H2,1-2H3/b21-14+. The van der Waals surface area contributed by atoms with Gasteiger partial charge in [0, 0.05) is 6.92 Å². The molecule has 0 fully saturated rings. The fourth-order valence-electron chi connectivity index (χ4n) is 2.12. The lowest BCUT2D eigenvalue weighted by Gasteiger charge is -2.13. The second kappa shape index (κ2) is 9.98. The van der Waals surface area contributed by atoms with E-state index >= 15 is 0 Å². The first-order chi connectivity index (χ1) is 12.6. The Labute approximate surface area is 153 Å². The summed E-state index contributed by atoms with van der Waals surface area (Å²) in [5.41, 5.74) is 1.92. The number of carbonyl (C=O) groups is 2. The lowest BCUT2D eigenvalue weighted by Crippen LogP contribution is -2.26. The van der Waals surface area contributed by atoms with Crippen molar-refractivity contribution >= 4 is 18.1 Å². The molecule has 6 nitrogen and oxygen atoms in total. The van der Waals surface area contributed by atoms with Gasteiger partial charge >= 0.3 is 5.97 Å². The number of rotatable bonds is 8. The van der Waals surface area contributed by atoms with Crippen molar-refractivity contribution in [3.05, 3.63) is 65.7 Å². The van der Waals surface area contributed by atoms with Crippen LogP contribution in [0.4, 0.5) is 0 Å². The zero-order chi connectivity index (χ0) is 18.8. The van der Waals surface area contributed by atoms with Crippen molar-refractivity contribution in [2.45, 2.75) is 20.0 Å². The van der Waals surface area contributed by atoms with Crippen LogP contribution in [0, 0.1) is 0 Å². The summed E-state index contributed by atoms with van der Waals surface area (Å²) in [4.78, 5) is 22.8. The zero-order valence-corrected chi connectivity index (χ0v) is 14.9. The highest BCUT2D eigenvalue weighted by atomic mass is 16.5. The van der Waals surface area contributed by atoms with Crippen LogP contribution in [0.15, 0.2) is 59.7 Å². The summed E-state index contributed by atoms with van der Waals surface area (Å²) in [6.45, 7) is 2.08. The second-order valence-corrected chi connectivity index (χ2v) is 5.56. The lowest BCUT2D eigenvalue weighted by atomic mass is 10.2. The highest BCUT2D eigenvalue weighted by molar-refractivity contribution is 5.82. The van der Waals surface area contributed by atoms with Gasteiger partial charge in [0.1, 0.15) is 12.4 Å². The van der Waals surface area contributed by atoms with Gasteiger partial charge in [0.2, 0.25) is 5.91 Å². The van der Waals surface area contributed by atoms with Crippen molar-refractivity contribution < 1.29 is 19.1 Å². The molecule has 26 heavy (non-hydrogen) atoms. The highest BCUT2D eigenvalue weighted by Gasteiger charge is 2.09. The third-order valence-corrected chi connectivity index (χ3v) is 3.59.